The highest BCUT2D eigenvalue weighted by atomic mass is 16.4. The number of carboxylic acids is 2. The number of rotatable bonds is 4. The normalized spacial score (nSPS) is 9.14. The van der Waals surface area contributed by atoms with Gasteiger partial charge in [0.05, 0.1) is 11.1 Å². The van der Waals surface area contributed by atoms with Crippen LogP contribution in [-0.2, 0) is 6.42 Å². The largest absolute Gasteiger partial charge is 0.478 e. The number of hydrogen-bond acceptors (Lipinski definition) is 2. The summed E-state index contributed by atoms with van der Waals surface area (Å²) in [5, 5.41) is 17.1. The molecule has 0 radical (unpaired) electrons. The van der Waals surface area contributed by atoms with Gasteiger partial charge in [0.2, 0.25) is 0 Å². The van der Waals surface area contributed by atoms with Crippen LogP contribution >= 0.6 is 0 Å². The molecule has 2 aromatic carbocycles. The van der Waals surface area contributed by atoms with Crippen molar-refractivity contribution in [3.8, 4) is 0 Å². The van der Waals surface area contributed by atoms with Crippen molar-refractivity contribution in [1.29, 1.82) is 0 Å². The first-order chi connectivity index (χ1) is 10.1. The molecule has 0 amide bonds. The SMILES string of the molecule is C=CCc1ccccc1.O=C(O)c1ccccc1C(=O)O. The third-order valence-corrected chi connectivity index (χ3v) is 2.61. The minimum Gasteiger partial charge on any atom is -0.478 e. The topological polar surface area (TPSA) is 74.6 Å². The van der Waals surface area contributed by atoms with Crippen molar-refractivity contribution in [1.82, 2.24) is 0 Å². The highest BCUT2D eigenvalue weighted by Crippen LogP contribution is 2.07. The Bertz CT molecular complexity index is 585. The molecule has 0 aliphatic heterocycles. The van der Waals surface area contributed by atoms with E-state index in [1.807, 2.05) is 24.3 Å². The van der Waals surface area contributed by atoms with E-state index in [4.69, 9.17) is 10.2 Å². The Balaban J connectivity index is 0.000000219. The van der Waals surface area contributed by atoms with Gasteiger partial charge in [-0.05, 0) is 24.1 Å². The molecule has 0 fully saturated rings. The van der Waals surface area contributed by atoms with Crippen molar-refractivity contribution in [3.63, 3.8) is 0 Å². The molecule has 4 nitrogen and oxygen atoms in total. The number of carbonyl (C=O) groups is 2. The van der Waals surface area contributed by atoms with Crippen LogP contribution in [0.2, 0.25) is 0 Å². The van der Waals surface area contributed by atoms with Gasteiger partial charge in [0, 0.05) is 0 Å². The van der Waals surface area contributed by atoms with Crippen molar-refractivity contribution >= 4 is 11.9 Å². The molecule has 0 saturated heterocycles. The summed E-state index contributed by atoms with van der Waals surface area (Å²) < 4.78 is 0. The van der Waals surface area contributed by atoms with Crippen LogP contribution in [0.1, 0.15) is 26.3 Å². The quantitative estimate of drug-likeness (QED) is 0.843. The first-order valence-electron chi connectivity index (χ1n) is 6.26. The lowest BCUT2D eigenvalue weighted by molar-refractivity contribution is 0.0651. The predicted octanol–water partition coefficient (Wildman–Crippen LogP) is 3.50. The van der Waals surface area contributed by atoms with E-state index in [2.05, 4.69) is 18.7 Å². The van der Waals surface area contributed by atoms with Crippen molar-refractivity contribution in [3.05, 3.63) is 83.9 Å². The zero-order chi connectivity index (χ0) is 15.7. The minimum atomic E-state index is -1.23. The Morgan fingerprint density at radius 1 is 0.857 bits per heavy atom. The lowest BCUT2D eigenvalue weighted by Gasteiger charge is -1.98. The van der Waals surface area contributed by atoms with Crippen LogP contribution in [0.3, 0.4) is 0 Å². The third kappa shape index (κ3) is 5.32. The molecular formula is C17H16O4. The fraction of sp³-hybridized carbons (Fsp3) is 0.0588. The smallest absolute Gasteiger partial charge is 0.336 e. The van der Waals surface area contributed by atoms with Gasteiger partial charge in [0.15, 0.2) is 0 Å². The van der Waals surface area contributed by atoms with Gasteiger partial charge in [-0.1, -0.05) is 48.5 Å². The van der Waals surface area contributed by atoms with Crippen molar-refractivity contribution < 1.29 is 19.8 Å². The van der Waals surface area contributed by atoms with Gasteiger partial charge in [-0.3, -0.25) is 0 Å². The van der Waals surface area contributed by atoms with Crippen LogP contribution in [-0.4, -0.2) is 22.2 Å². The van der Waals surface area contributed by atoms with E-state index < -0.39 is 11.9 Å². The molecule has 0 spiro atoms. The molecule has 0 aromatic heterocycles. The molecule has 2 N–H and O–H groups in total. The van der Waals surface area contributed by atoms with Gasteiger partial charge in [-0.15, -0.1) is 6.58 Å². The number of aromatic carboxylic acids is 2. The summed E-state index contributed by atoms with van der Waals surface area (Å²) in [5.41, 5.74) is 0.947. The van der Waals surface area contributed by atoms with E-state index in [0.29, 0.717) is 0 Å². The van der Waals surface area contributed by atoms with Crippen LogP contribution in [0.25, 0.3) is 0 Å². The van der Waals surface area contributed by atoms with Crippen LogP contribution in [0.5, 0.6) is 0 Å². The van der Waals surface area contributed by atoms with Crippen molar-refractivity contribution in [2.45, 2.75) is 6.42 Å². The Hall–Kier alpha value is -2.88. The summed E-state index contributed by atoms with van der Waals surface area (Å²) in [6, 6.07) is 15.8. The summed E-state index contributed by atoms with van der Waals surface area (Å²) in [4.78, 5) is 20.9. The second-order valence-electron chi connectivity index (χ2n) is 4.13. The Kier molecular flexibility index (Phi) is 6.41. The third-order valence-electron chi connectivity index (χ3n) is 2.61. The maximum Gasteiger partial charge on any atom is 0.336 e. The Labute approximate surface area is 123 Å². The lowest BCUT2D eigenvalue weighted by Crippen LogP contribution is -2.06. The fourth-order valence-electron chi connectivity index (χ4n) is 1.64. The second kappa shape index (κ2) is 8.32. The number of allylic oxidation sites excluding steroid dienone is 1. The Morgan fingerprint density at radius 2 is 1.29 bits per heavy atom. The molecule has 0 unspecified atom stereocenters. The average Bonchev–Trinajstić information content (AvgIpc) is 2.49. The first kappa shape index (κ1) is 16.2. The predicted molar refractivity (Wildman–Crippen MR) is 80.7 cm³/mol. The number of benzene rings is 2. The van der Waals surface area contributed by atoms with Gasteiger partial charge < -0.3 is 10.2 Å². The van der Waals surface area contributed by atoms with Crippen LogP contribution in [0.15, 0.2) is 67.3 Å². The fourth-order valence-corrected chi connectivity index (χ4v) is 1.64. The molecule has 4 heteroatoms. The van der Waals surface area contributed by atoms with Crippen molar-refractivity contribution in [2.24, 2.45) is 0 Å². The van der Waals surface area contributed by atoms with Gasteiger partial charge >= 0.3 is 11.9 Å². The summed E-state index contributed by atoms with van der Waals surface area (Å²) >= 11 is 0. The lowest BCUT2D eigenvalue weighted by atomic mass is 10.1. The highest BCUT2D eigenvalue weighted by molar-refractivity contribution is 6.01. The van der Waals surface area contributed by atoms with Gasteiger partial charge in [0.1, 0.15) is 0 Å². The molecule has 0 bridgehead atoms. The highest BCUT2D eigenvalue weighted by Gasteiger charge is 2.13. The zero-order valence-corrected chi connectivity index (χ0v) is 11.4. The molecule has 21 heavy (non-hydrogen) atoms. The minimum absolute atomic E-state index is 0.190. The molecule has 2 rings (SSSR count). The Morgan fingerprint density at radius 3 is 1.67 bits per heavy atom. The standard InChI is InChI=1S/C9H10.C8H6O4/c1-2-6-9-7-4-3-5-8-9;9-7(10)5-3-1-2-4-6(5)8(11)12/h2-5,7-8H,1,6H2;1-4H,(H,9,10)(H,11,12). The molecule has 0 aliphatic rings. The monoisotopic (exact) mass is 284 g/mol. The van der Waals surface area contributed by atoms with Gasteiger partial charge in [-0.2, -0.15) is 0 Å². The maximum absolute atomic E-state index is 10.5. The van der Waals surface area contributed by atoms with E-state index >= 15 is 0 Å². The molecular weight excluding hydrogens is 268 g/mol. The molecule has 0 heterocycles. The van der Waals surface area contributed by atoms with E-state index in [9.17, 15) is 9.59 Å². The second-order valence-corrected chi connectivity index (χ2v) is 4.13. The van der Waals surface area contributed by atoms with Crippen LogP contribution in [0, 0.1) is 0 Å². The van der Waals surface area contributed by atoms with Crippen LogP contribution < -0.4 is 0 Å². The van der Waals surface area contributed by atoms with Crippen molar-refractivity contribution in [2.75, 3.05) is 0 Å². The molecule has 0 saturated carbocycles. The van der Waals surface area contributed by atoms with Gasteiger partial charge in [-0.25, -0.2) is 9.59 Å². The van der Waals surface area contributed by atoms with E-state index in [1.165, 1.54) is 29.8 Å². The maximum atomic E-state index is 10.5. The molecule has 0 aliphatic carbocycles. The first-order valence-corrected chi connectivity index (χ1v) is 6.26. The molecule has 108 valence electrons. The molecule has 2 aromatic rings. The van der Waals surface area contributed by atoms with E-state index in [0.717, 1.165) is 6.42 Å². The summed E-state index contributed by atoms with van der Waals surface area (Å²) in [6.45, 7) is 3.66. The summed E-state index contributed by atoms with van der Waals surface area (Å²) in [7, 11) is 0. The number of carboxylic acid groups (broad SMARTS) is 2. The number of hydrogen-bond donors (Lipinski definition) is 2. The van der Waals surface area contributed by atoms with E-state index in [-0.39, 0.29) is 11.1 Å². The summed E-state index contributed by atoms with van der Waals surface area (Å²) in [6.07, 6.45) is 2.89. The van der Waals surface area contributed by atoms with E-state index in [1.54, 1.807) is 0 Å². The summed E-state index contributed by atoms with van der Waals surface area (Å²) in [5.74, 6) is -2.46. The molecule has 0 atom stereocenters. The van der Waals surface area contributed by atoms with Crippen LogP contribution in [0.4, 0.5) is 0 Å². The zero-order valence-electron chi connectivity index (χ0n) is 11.4. The average molecular weight is 284 g/mol. The van der Waals surface area contributed by atoms with Gasteiger partial charge in [0.25, 0.3) is 0 Å².